The largest absolute Gasteiger partial charge is 0.369 e. The quantitative estimate of drug-likeness (QED) is 0.783. The van der Waals surface area contributed by atoms with Gasteiger partial charge in [-0.1, -0.05) is 25.8 Å². The number of nitrogens with zero attached hydrogens (tertiary/aromatic N) is 2. The van der Waals surface area contributed by atoms with E-state index in [9.17, 15) is 0 Å². The second-order valence-electron chi connectivity index (χ2n) is 6.10. The van der Waals surface area contributed by atoms with E-state index < -0.39 is 0 Å². The molecule has 1 fully saturated rings. The number of hydrogen-bond acceptors (Lipinski definition) is 2. The minimum Gasteiger partial charge on any atom is -0.369 e. The van der Waals surface area contributed by atoms with E-state index in [4.69, 9.17) is 5.73 Å². The fourth-order valence-electron chi connectivity index (χ4n) is 3.33. The monoisotopic (exact) mass is 257 g/mol. The van der Waals surface area contributed by atoms with Crippen LogP contribution in [0.25, 0.3) is 11.0 Å². The zero-order valence-corrected chi connectivity index (χ0v) is 11.9. The molecule has 2 atom stereocenters. The maximum atomic E-state index is 6.17. The van der Waals surface area contributed by atoms with Gasteiger partial charge in [-0.3, -0.25) is 0 Å². The summed E-state index contributed by atoms with van der Waals surface area (Å²) in [5.41, 5.74) is 9.68. The molecule has 0 spiro atoms. The first-order valence-electron chi connectivity index (χ1n) is 7.39. The molecule has 1 aromatic carbocycles. The van der Waals surface area contributed by atoms with E-state index in [1.54, 1.807) is 0 Å². The molecule has 102 valence electrons. The highest BCUT2D eigenvalue weighted by molar-refractivity contribution is 5.79. The van der Waals surface area contributed by atoms with E-state index in [0.717, 1.165) is 11.4 Å². The van der Waals surface area contributed by atoms with Crippen molar-refractivity contribution < 1.29 is 0 Å². The van der Waals surface area contributed by atoms with Gasteiger partial charge < -0.3 is 10.3 Å². The molecule has 2 aromatic rings. The zero-order chi connectivity index (χ0) is 13.4. The molecule has 1 heterocycles. The third kappa shape index (κ3) is 2.34. The van der Waals surface area contributed by atoms with Crippen LogP contribution < -0.4 is 5.73 Å². The summed E-state index contributed by atoms with van der Waals surface area (Å²) in [6, 6.07) is 6.93. The number of anilines is 1. The van der Waals surface area contributed by atoms with Gasteiger partial charge in [0.1, 0.15) is 0 Å². The van der Waals surface area contributed by atoms with Crippen LogP contribution in [-0.2, 0) is 0 Å². The topological polar surface area (TPSA) is 43.8 Å². The zero-order valence-electron chi connectivity index (χ0n) is 11.9. The SMILES string of the molecule is Cc1ccc2nc(N)n(C3CCCC(C)CC3)c2c1. The van der Waals surface area contributed by atoms with Gasteiger partial charge in [-0.2, -0.15) is 0 Å². The normalized spacial score (nSPS) is 24.5. The summed E-state index contributed by atoms with van der Waals surface area (Å²) in [5.74, 6) is 1.53. The highest BCUT2D eigenvalue weighted by atomic mass is 15.2. The van der Waals surface area contributed by atoms with Gasteiger partial charge in [0, 0.05) is 6.04 Å². The van der Waals surface area contributed by atoms with Crippen molar-refractivity contribution >= 4 is 17.0 Å². The van der Waals surface area contributed by atoms with Gasteiger partial charge in [0.05, 0.1) is 11.0 Å². The highest BCUT2D eigenvalue weighted by Gasteiger charge is 2.21. The molecule has 3 rings (SSSR count). The number of fused-ring (bicyclic) bond motifs is 1. The second kappa shape index (κ2) is 4.87. The average Bonchev–Trinajstić information content (AvgIpc) is 2.55. The molecular formula is C16H23N3. The van der Waals surface area contributed by atoms with Crippen molar-refractivity contribution in [3.8, 4) is 0 Å². The standard InChI is InChI=1S/C16H23N3/c1-11-4-3-5-13(8-6-11)19-15-10-12(2)7-9-14(15)18-16(19)17/h7,9-11,13H,3-6,8H2,1-2H3,(H2,17,18). The molecule has 0 radical (unpaired) electrons. The number of nitrogen functional groups attached to an aromatic ring is 1. The van der Waals surface area contributed by atoms with E-state index in [1.807, 2.05) is 0 Å². The summed E-state index contributed by atoms with van der Waals surface area (Å²) >= 11 is 0. The molecule has 0 aliphatic heterocycles. The van der Waals surface area contributed by atoms with E-state index in [0.29, 0.717) is 12.0 Å². The van der Waals surface area contributed by atoms with E-state index >= 15 is 0 Å². The van der Waals surface area contributed by atoms with Gasteiger partial charge in [-0.15, -0.1) is 0 Å². The van der Waals surface area contributed by atoms with Gasteiger partial charge in [-0.05, 0) is 49.8 Å². The Morgan fingerprint density at radius 1 is 1.21 bits per heavy atom. The molecule has 0 amide bonds. The number of hydrogen-bond donors (Lipinski definition) is 1. The third-order valence-electron chi connectivity index (χ3n) is 4.46. The van der Waals surface area contributed by atoms with Gasteiger partial charge in [0.2, 0.25) is 5.95 Å². The molecule has 3 nitrogen and oxygen atoms in total. The minimum atomic E-state index is 0.525. The van der Waals surface area contributed by atoms with Crippen LogP contribution in [0.15, 0.2) is 18.2 Å². The van der Waals surface area contributed by atoms with Crippen LogP contribution in [0.3, 0.4) is 0 Å². The second-order valence-corrected chi connectivity index (χ2v) is 6.10. The molecule has 0 saturated heterocycles. The van der Waals surface area contributed by atoms with Crippen molar-refractivity contribution in [3.63, 3.8) is 0 Å². The number of benzene rings is 1. The lowest BCUT2D eigenvalue weighted by molar-refractivity contribution is 0.445. The first kappa shape index (κ1) is 12.5. The smallest absolute Gasteiger partial charge is 0.201 e. The highest BCUT2D eigenvalue weighted by Crippen LogP contribution is 2.34. The van der Waals surface area contributed by atoms with Crippen molar-refractivity contribution in [3.05, 3.63) is 23.8 Å². The molecular weight excluding hydrogens is 234 g/mol. The Hall–Kier alpha value is -1.51. The Morgan fingerprint density at radius 2 is 2.05 bits per heavy atom. The molecule has 1 aromatic heterocycles. The maximum absolute atomic E-state index is 6.17. The van der Waals surface area contributed by atoms with E-state index in [1.165, 1.54) is 43.2 Å². The summed E-state index contributed by atoms with van der Waals surface area (Å²) in [6.07, 6.45) is 6.41. The van der Waals surface area contributed by atoms with Crippen LogP contribution in [-0.4, -0.2) is 9.55 Å². The first-order chi connectivity index (χ1) is 9.15. The maximum Gasteiger partial charge on any atom is 0.201 e. The molecule has 0 bridgehead atoms. The van der Waals surface area contributed by atoms with Crippen LogP contribution in [0.2, 0.25) is 0 Å². The van der Waals surface area contributed by atoms with Crippen molar-refractivity contribution in [2.75, 3.05) is 5.73 Å². The molecule has 2 N–H and O–H groups in total. The van der Waals surface area contributed by atoms with Gasteiger partial charge in [-0.25, -0.2) is 4.98 Å². The summed E-state index contributed by atoms with van der Waals surface area (Å²) < 4.78 is 2.28. The third-order valence-corrected chi connectivity index (χ3v) is 4.46. The Bertz CT molecular complexity index is 585. The van der Waals surface area contributed by atoms with Crippen molar-refractivity contribution in [2.24, 2.45) is 5.92 Å². The lowest BCUT2D eigenvalue weighted by Crippen LogP contribution is -2.11. The van der Waals surface area contributed by atoms with E-state index in [-0.39, 0.29) is 0 Å². The predicted molar refractivity (Wildman–Crippen MR) is 80.2 cm³/mol. The molecule has 19 heavy (non-hydrogen) atoms. The number of aryl methyl sites for hydroxylation is 1. The Kier molecular flexibility index (Phi) is 3.21. The summed E-state index contributed by atoms with van der Waals surface area (Å²) in [5, 5.41) is 0. The number of nitrogens with two attached hydrogens (primary N) is 1. The first-order valence-corrected chi connectivity index (χ1v) is 7.39. The summed E-state index contributed by atoms with van der Waals surface area (Å²) in [7, 11) is 0. The predicted octanol–water partition coefficient (Wildman–Crippen LogP) is 4.07. The summed E-state index contributed by atoms with van der Waals surface area (Å²) in [4.78, 5) is 4.52. The number of rotatable bonds is 1. The number of aromatic nitrogens is 2. The van der Waals surface area contributed by atoms with E-state index in [2.05, 4.69) is 41.6 Å². The fraction of sp³-hybridized carbons (Fsp3) is 0.562. The lowest BCUT2D eigenvalue weighted by atomic mass is 10.0. The van der Waals surface area contributed by atoms with Crippen molar-refractivity contribution in [2.45, 2.75) is 52.0 Å². The average molecular weight is 257 g/mol. The van der Waals surface area contributed by atoms with Crippen LogP contribution in [0.5, 0.6) is 0 Å². The minimum absolute atomic E-state index is 0.525. The van der Waals surface area contributed by atoms with Crippen LogP contribution in [0.1, 0.15) is 50.6 Å². The Labute approximate surface area is 114 Å². The fourth-order valence-corrected chi connectivity index (χ4v) is 3.33. The molecule has 2 unspecified atom stereocenters. The lowest BCUT2D eigenvalue weighted by Gasteiger charge is -2.18. The Morgan fingerprint density at radius 3 is 2.89 bits per heavy atom. The molecule has 1 saturated carbocycles. The molecule has 1 aliphatic carbocycles. The van der Waals surface area contributed by atoms with Crippen molar-refractivity contribution in [1.82, 2.24) is 9.55 Å². The molecule has 3 heteroatoms. The van der Waals surface area contributed by atoms with Crippen LogP contribution in [0.4, 0.5) is 5.95 Å². The van der Waals surface area contributed by atoms with Gasteiger partial charge in [0.15, 0.2) is 0 Å². The number of imidazole rings is 1. The van der Waals surface area contributed by atoms with Crippen LogP contribution >= 0.6 is 0 Å². The van der Waals surface area contributed by atoms with Gasteiger partial charge in [0.25, 0.3) is 0 Å². The van der Waals surface area contributed by atoms with Crippen LogP contribution in [0, 0.1) is 12.8 Å². The van der Waals surface area contributed by atoms with Gasteiger partial charge >= 0.3 is 0 Å². The molecule has 1 aliphatic rings. The Balaban J connectivity index is 2.03. The summed E-state index contributed by atoms with van der Waals surface area (Å²) in [6.45, 7) is 4.49. The van der Waals surface area contributed by atoms with Crippen molar-refractivity contribution in [1.29, 1.82) is 0 Å².